The normalized spacial score (nSPS) is 16.7. The fourth-order valence-electron chi connectivity index (χ4n) is 2.79. The van der Waals surface area contributed by atoms with E-state index >= 15 is 0 Å². The Bertz CT molecular complexity index is 609. The van der Waals surface area contributed by atoms with Crippen LogP contribution < -0.4 is 5.56 Å². The van der Waals surface area contributed by atoms with Gasteiger partial charge >= 0.3 is 0 Å². The summed E-state index contributed by atoms with van der Waals surface area (Å²) in [5.41, 5.74) is 1.04. The maximum Gasteiger partial charge on any atom is 0.251 e. The molecule has 0 saturated heterocycles. The molecule has 0 bridgehead atoms. The molecule has 1 fully saturated rings. The third-order valence-corrected chi connectivity index (χ3v) is 3.69. The number of aromatic amines is 1. The van der Waals surface area contributed by atoms with Crippen molar-refractivity contribution < 1.29 is 5.11 Å². The van der Waals surface area contributed by atoms with Crippen LogP contribution in [0.5, 0.6) is 5.88 Å². The lowest BCUT2D eigenvalue weighted by Crippen LogP contribution is -2.03. The van der Waals surface area contributed by atoms with Crippen LogP contribution in [0.2, 0.25) is 0 Å². The van der Waals surface area contributed by atoms with Crippen LogP contribution in [-0.2, 0) is 0 Å². The molecule has 0 spiro atoms. The number of aromatic nitrogens is 1. The molecule has 1 aromatic carbocycles. The standard InChI is InChI=1S/C14H15NO2/c16-13-8-11-7-10(9-3-1-2-4-9)5-6-12(11)14(17)15-13/h5-9H,1-4H2,(H2,15,16,17). The Labute approximate surface area is 99.1 Å². The first-order chi connectivity index (χ1) is 8.24. The largest absolute Gasteiger partial charge is 0.494 e. The zero-order chi connectivity index (χ0) is 11.8. The van der Waals surface area contributed by atoms with Gasteiger partial charge in [0.1, 0.15) is 0 Å². The average Bonchev–Trinajstić information content (AvgIpc) is 2.81. The number of benzene rings is 1. The molecule has 3 rings (SSSR count). The van der Waals surface area contributed by atoms with Gasteiger partial charge in [-0.2, -0.15) is 0 Å². The lowest BCUT2D eigenvalue weighted by molar-refractivity contribution is 0.459. The maximum absolute atomic E-state index is 11.3. The summed E-state index contributed by atoms with van der Waals surface area (Å²) in [6.45, 7) is 0. The van der Waals surface area contributed by atoms with E-state index in [9.17, 15) is 9.90 Å². The van der Waals surface area contributed by atoms with Crippen LogP contribution in [0, 0.1) is 0 Å². The zero-order valence-electron chi connectivity index (χ0n) is 9.57. The number of hydrogen-bond acceptors (Lipinski definition) is 2. The number of aromatic hydroxyl groups is 1. The van der Waals surface area contributed by atoms with E-state index in [1.807, 2.05) is 12.1 Å². The highest BCUT2D eigenvalue weighted by Crippen LogP contribution is 2.35. The molecular formula is C14H15NO2. The Morgan fingerprint density at radius 3 is 2.71 bits per heavy atom. The van der Waals surface area contributed by atoms with Gasteiger partial charge in [0.15, 0.2) is 5.88 Å². The summed E-state index contributed by atoms with van der Waals surface area (Å²) in [6.07, 6.45) is 5.06. The average molecular weight is 229 g/mol. The Balaban J connectivity index is 2.14. The lowest BCUT2D eigenvalue weighted by atomic mass is 9.95. The number of H-pyrrole nitrogens is 1. The van der Waals surface area contributed by atoms with Crippen molar-refractivity contribution in [1.82, 2.24) is 4.98 Å². The van der Waals surface area contributed by atoms with Gasteiger partial charge in [0.05, 0.1) is 0 Å². The third-order valence-electron chi connectivity index (χ3n) is 3.69. The second-order valence-corrected chi connectivity index (χ2v) is 4.81. The van der Waals surface area contributed by atoms with Crippen LogP contribution in [0.1, 0.15) is 37.2 Å². The zero-order valence-corrected chi connectivity index (χ0v) is 9.57. The molecule has 3 nitrogen and oxygen atoms in total. The van der Waals surface area contributed by atoms with Gasteiger partial charge < -0.3 is 5.11 Å². The van der Waals surface area contributed by atoms with Crippen molar-refractivity contribution in [3.05, 3.63) is 40.2 Å². The lowest BCUT2D eigenvalue weighted by Gasteiger charge is -2.10. The molecule has 2 N–H and O–H groups in total. The molecule has 3 heteroatoms. The van der Waals surface area contributed by atoms with E-state index in [4.69, 9.17) is 0 Å². The molecule has 1 aliphatic carbocycles. The van der Waals surface area contributed by atoms with Crippen LogP contribution in [0.15, 0.2) is 29.1 Å². The molecule has 0 unspecified atom stereocenters. The van der Waals surface area contributed by atoms with Crippen molar-refractivity contribution in [2.24, 2.45) is 0 Å². The number of rotatable bonds is 1. The third kappa shape index (κ3) is 1.82. The maximum atomic E-state index is 11.3. The van der Waals surface area contributed by atoms with E-state index in [1.54, 1.807) is 6.07 Å². The number of fused-ring (bicyclic) bond motifs is 1. The van der Waals surface area contributed by atoms with E-state index in [1.165, 1.54) is 31.2 Å². The second kappa shape index (κ2) is 3.91. The Kier molecular flexibility index (Phi) is 2.39. The minimum Gasteiger partial charge on any atom is -0.494 e. The van der Waals surface area contributed by atoms with Crippen LogP contribution in [0.3, 0.4) is 0 Å². The van der Waals surface area contributed by atoms with Crippen LogP contribution in [-0.4, -0.2) is 10.1 Å². The molecule has 17 heavy (non-hydrogen) atoms. The van der Waals surface area contributed by atoms with Gasteiger partial charge in [0.2, 0.25) is 0 Å². The molecule has 0 amide bonds. The van der Waals surface area contributed by atoms with Crippen molar-refractivity contribution in [2.45, 2.75) is 31.6 Å². The quantitative estimate of drug-likeness (QED) is 0.790. The minimum atomic E-state index is -0.251. The van der Waals surface area contributed by atoms with Crippen molar-refractivity contribution in [2.75, 3.05) is 0 Å². The number of hydrogen-bond donors (Lipinski definition) is 2. The molecule has 1 heterocycles. The summed E-state index contributed by atoms with van der Waals surface area (Å²) in [5, 5.41) is 11.2. The van der Waals surface area contributed by atoms with Gasteiger partial charge in [-0.1, -0.05) is 25.0 Å². The predicted molar refractivity (Wildman–Crippen MR) is 67.4 cm³/mol. The Hall–Kier alpha value is -1.77. The summed E-state index contributed by atoms with van der Waals surface area (Å²) < 4.78 is 0. The molecule has 88 valence electrons. The first-order valence-electron chi connectivity index (χ1n) is 6.10. The highest BCUT2D eigenvalue weighted by Gasteiger charge is 2.17. The first kappa shape index (κ1) is 10.4. The SMILES string of the molecule is O=c1cc2cc(C3CCCC3)ccc2c(O)[nH]1. The summed E-state index contributed by atoms with van der Waals surface area (Å²) in [4.78, 5) is 13.7. The summed E-state index contributed by atoms with van der Waals surface area (Å²) in [7, 11) is 0. The topological polar surface area (TPSA) is 53.1 Å². The van der Waals surface area contributed by atoms with Crippen molar-refractivity contribution in [3.63, 3.8) is 0 Å². The molecule has 2 aromatic rings. The summed E-state index contributed by atoms with van der Waals surface area (Å²) >= 11 is 0. The summed E-state index contributed by atoms with van der Waals surface area (Å²) in [6, 6.07) is 7.55. The summed E-state index contributed by atoms with van der Waals surface area (Å²) in [5.74, 6) is 0.589. The van der Waals surface area contributed by atoms with Crippen molar-refractivity contribution in [1.29, 1.82) is 0 Å². The van der Waals surface area contributed by atoms with Crippen LogP contribution in [0.25, 0.3) is 10.8 Å². The second-order valence-electron chi connectivity index (χ2n) is 4.81. The van der Waals surface area contributed by atoms with Gasteiger partial charge in [-0.15, -0.1) is 0 Å². The molecule has 1 aromatic heterocycles. The molecule has 0 atom stereocenters. The number of pyridine rings is 1. The van der Waals surface area contributed by atoms with Gasteiger partial charge in [-0.3, -0.25) is 9.78 Å². The van der Waals surface area contributed by atoms with Crippen LogP contribution >= 0.6 is 0 Å². The highest BCUT2D eigenvalue weighted by atomic mass is 16.3. The van der Waals surface area contributed by atoms with Crippen molar-refractivity contribution >= 4 is 10.8 Å². The molecule has 0 aliphatic heterocycles. The van der Waals surface area contributed by atoms with Gasteiger partial charge in [-0.05, 0) is 35.8 Å². The monoisotopic (exact) mass is 229 g/mol. The van der Waals surface area contributed by atoms with Crippen molar-refractivity contribution in [3.8, 4) is 5.88 Å². The first-order valence-corrected chi connectivity index (χ1v) is 6.10. The van der Waals surface area contributed by atoms with E-state index in [0.717, 1.165) is 5.39 Å². The fourth-order valence-corrected chi connectivity index (χ4v) is 2.79. The molecule has 1 saturated carbocycles. The Morgan fingerprint density at radius 2 is 1.94 bits per heavy atom. The van der Waals surface area contributed by atoms with E-state index < -0.39 is 0 Å². The van der Waals surface area contributed by atoms with E-state index in [-0.39, 0.29) is 11.4 Å². The number of nitrogens with one attached hydrogen (secondary N) is 1. The molecule has 0 radical (unpaired) electrons. The smallest absolute Gasteiger partial charge is 0.251 e. The molecular weight excluding hydrogens is 214 g/mol. The van der Waals surface area contributed by atoms with E-state index in [2.05, 4.69) is 11.1 Å². The van der Waals surface area contributed by atoms with Crippen LogP contribution in [0.4, 0.5) is 0 Å². The Morgan fingerprint density at radius 1 is 1.18 bits per heavy atom. The van der Waals surface area contributed by atoms with E-state index in [0.29, 0.717) is 11.3 Å². The van der Waals surface area contributed by atoms with Gasteiger partial charge in [0.25, 0.3) is 5.56 Å². The minimum absolute atomic E-state index is 0.0366. The molecule has 1 aliphatic rings. The highest BCUT2D eigenvalue weighted by molar-refractivity contribution is 5.87. The van der Waals surface area contributed by atoms with Gasteiger partial charge in [0, 0.05) is 11.5 Å². The van der Waals surface area contributed by atoms with Gasteiger partial charge in [-0.25, -0.2) is 0 Å². The predicted octanol–water partition coefficient (Wildman–Crippen LogP) is 2.89. The fraction of sp³-hybridized carbons (Fsp3) is 0.357.